The molecular formula is C30H55ClN2O6. The van der Waals surface area contributed by atoms with Crippen molar-refractivity contribution in [3.8, 4) is 11.5 Å². The molecule has 0 aliphatic rings. The predicted molar refractivity (Wildman–Crippen MR) is 160 cm³/mol. The van der Waals surface area contributed by atoms with Gasteiger partial charge in [0.15, 0.2) is 11.5 Å². The lowest BCUT2D eigenvalue weighted by Crippen LogP contribution is -2.41. The number of amides is 1. The molecule has 9 heteroatoms. The van der Waals surface area contributed by atoms with E-state index in [1.165, 1.54) is 0 Å². The van der Waals surface area contributed by atoms with Gasteiger partial charge in [-0.05, 0) is 55.2 Å². The topological polar surface area (TPSA) is 112 Å². The quantitative estimate of drug-likeness (QED) is 0.171. The van der Waals surface area contributed by atoms with Crippen LogP contribution in [0, 0.1) is 17.8 Å². The normalized spacial score (nSPS) is 14.3. The van der Waals surface area contributed by atoms with E-state index in [1.54, 1.807) is 14.2 Å². The van der Waals surface area contributed by atoms with Gasteiger partial charge in [0, 0.05) is 58.8 Å². The Bertz CT molecular complexity index is 767. The molecule has 0 saturated heterocycles. The highest BCUT2D eigenvalue weighted by Crippen LogP contribution is 2.32. The van der Waals surface area contributed by atoms with Gasteiger partial charge in [-0.25, -0.2) is 0 Å². The van der Waals surface area contributed by atoms with E-state index in [0.717, 1.165) is 49.2 Å². The first-order valence-electron chi connectivity index (χ1n) is 14.3. The third-order valence-electron chi connectivity index (χ3n) is 6.89. The summed E-state index contributed by atoms with van der Waals surface area (Å²) in [4.78, 5) is 12.3. The molecule has 228 valence electrons. The molecule has 4 N–H and O–H groups in total. The van der Waals surface area contributed by atoms with E-state index < -0.39 is 12.1 Å². The summed E-state index contributed by atoms with van der Waals surface area (Å²) >= 11 is 0. The monoisotopic (exact) mass is 574 g/mol. The zero-order valence-corrected chi connectivity index (χ0v) is 25.9. The average molecular weight is 575 g/mol. The van der Waals surface area contributed by atoms with Gasteiger partial charge in [0.25, 0.3) is 0 Å². The van der Waals surface area contributed by atoms with Crippen molar-refractivity contribution < 1.29 is 28.8 Å². The molecule has 0 saturated carbocycles. The number of unbranched alkanes of at least 4 members (excludes halogenated alkanes) is 1. The third-order valence-corrected chi connectivity index (χ3v) is 6.89. The average Bonchev–Trinajstić information content (AvgIpc) is 2.89. The number of rotatable bonds is 22. The molecule has 1 rings (SSSR count). The lowest BCUT2D eigenvalue weighted by molar-refractivity contribution is -0.125. The third kappa shape index (κ3) is 15.7. The highest BCUT2D eigenvalue weighted by Gasteiger charge is 2.26. The summed E-state index contributed by atoms with van der Waals surface area (Å²) in [6.45, 7) is 11.4. The van der Waals surface area contributed by atoms with Crippen molar-refractivity contribution in [1.29, 1.82) is 0 Å². The molecule has 0 fully saturated rings. The highest BCUT2D eigenvalue weighted by atomic mass is 35.5. The van der Waals surface area contributed by atoms with E-state index in [4.69, 9.17) is 24.7 Å². The van der Waals surface area contributed by atoms with Crippen LogP contribution < -0.4 is 20.5 Å². The summed E-state index contributed by atoms with van der Waals surface area (Å²) in [5.74, 6) is 1.79. The minimum Gasteiger partial charge on any atom is -0.490 e. The second kappa shape index (κ2) is 22.1. The van der Waals surface area contributed by atoms with Crippen LogP contribution in [0.4, 0.5) is 0 Å². The number of carbonyl (C=O) groups excluding carboxylic acids is 1. The van der Waals surface area contributed by atoms with E-state index in [2.05, 4.69) is 38.2 Å². The van der Waals surface area contributed by atoms with Crippen LogP contribution in [0.5, 0.6) is 11.5 Å². The first kappa shape index (κ1) is 37.4. The fraction of sp³-hybridized carbons (Fsp3) is 0.767. The van der Waals surface area contributed by atoms with Gasteiger partial charge in [0.1, 0.15) is 0 Å². The van der Waals surface area contributed by atoms with Crippen molar-refractivity contribution in [3.05, 3.63) is 23.8 Å². The fourth-order valence-electron chi connectivity index (χ4n) is 4.29. The summed E-state index contributed by atoms with van der Waals surface area (Å²) in [7, 11) is 3.36. The number of halogens is 1. The zero-order chi connectivity index (χ0) is 28.3. The Kier molecular flexibility index (Phi) is 21.3. The van der Waals surface area contributed by atoms with Crippen molar-refractivity contribution in [2.24, 2.45) is 23.5 Å². The largest absolute Gasteiger partial charge is 0.490 e. The van der Waals surface area contributed by atoms with Crippen LogP contribution in [0.2, 0.25) is 0 Å². The Morgan fingerprint density at radius 3 is 2.13 bits per heavy atom. The van der Waals surface area contributed by atoms with E-state index >= 15 is 0 Å². The Balaban J connectivity index is 0.0000144. The fourth-order valence-corrected chi connectivity index (χ4v) is 4.29. The van der Waals surface area contributed by atoms with Crippen molar-refractivity contribution in [1.82, 2.24) is 5.32 Å². The van der Waals surface area contributed by atoms with Crippen molar-refractivity contribution in [3.63, 3.8) is 0 Å². The first-order valence-corrected chi connectivity index (χ1v) is 14.3. The van der Waals surface area contributed by atoms with E-state index in [-0.39, 0.29) is 30.2 Å². The molecular weight excluding hydrogens is 520 g/mol. The van der Waals surface area contributed by atoms with Gasteiger partial charge in [-0.2, -0.15) is 0 Å². The van der Waals surface area contributed by atoms with Crippen molar-refractivity contribution in [2.45, 2.75) is 84.8 Å². The maximum atomic E-state index is 12.3. The molecule has 0 spiro atoms. The molecule has 1 aromatic carbocycles. The van der Waals surface area contributed by atoms with Crippen LogP contribution in [0.1, 0.15) is 71.8 Å². The van der Waals surface area contributed by atoms with Gasteiger partial charge >= 0.3 is 0 Å². The highest BCUT2D eigenvalue weighted by molar-refractivity contribution is 5.85. The maximum Gasteiger partial charge on any atom is 0.222 e. The molecule has 8 nitrogen and oxygen atoms in total. The number of hydrogen-bond donors (Lipinski definition) is 3. The Morgan fingerprint density at radius 2 is 1.56 bits per heavy atom. The number of ether oxygens (including phenoxy) is 4. The molecule has 1 aromatic rings. The number of nitrogens with two attached hydrogens (primary N) is 1. The van der Waals surface area contributed by atoms with Gasteiger partial charge in [0.2, 0.25) is 5.91 Å². The molecule has 1 amide bonds. The summed E-state index contributed by atoms with van der Waals surface area (Å²) in [6.07, 6.45) is 4.69. The maximum absolute atomic E-state index is 12.3. The standard InChI is InChI=1S/C30H54N2O6.ClH/c1-7-8-13-32-30(34)23(4)18-27(33)26(31)21-25(22(2)3)19-24-11-12-28(37-16-9-14-35-5)29(20-24)38-17-10-15-36-6;/h11-12,20,22-23,25-27,33H,7-10,13-19,21,31H2,1-6H3,(H,32,34);1H/t23-,25+,26+,27+;/m1./s1. The summed E-state index contributed by atoms with van der Waals surface area (Å²) in [5.41, 5.74) is 7.60. The van der Waals surface area contributed by atoms with Crippen LogP contribution >= 0.6 is 12.4 Å². The number of hydrogen-bond acceptors (Lipinski definition) is 7. The van der Waals surface area contributed by atoms with E-state index in [0.29, 0.717) is 51.7 Å². The van der Waals surface area contributed by atoms with Crippen LogP contribution in [-0.2, 0) is 20.7 Å². The molecule has 0 aliphatic carbocycles. The minimum atomic E-state index is -0.731. The van der Waals surface area contributed by atoms with Gasteiger partial charge in [0.05, 0.1) is 19.3 Å². The molecule has 39 heavy (non-hydrogen) atoms. The molecule has 0 unspecified atom stereocenters. The molecule has 4 atom stereocenters. The Labute approximate surface area is 243 Å². The van der Waals surface area contributed by atoms with Crippen molar-refractivity contribution in [2.75, 3.05) is 47.2 Å². The number of benzene rings is 1. The number of carbonyl (C=O) groups is 1. The minimum absolute atomic E-state index is 0. The van der Waals surface area contributed by atoms with Gasteiger partial charge < -0.3 is 35.1 Å². The van der Waals surface area contributed by atoms with Crippen molar-refractivity contribution >= 4 is 18.3 Å². The molecule has 0 heterocycles. The summed E-state index contributed by atoms with van der Waals surface area (Å²) < 4.78 is 22.3. The molecule has 0 aliphatic heterocycles. The predicted octanol–water partition coefficient (Wildman–Crippen LogP) is 4.77. The van der Waals surface area contributed by atoms with Gasteiger partial charge in [-0.3, -0.25) is 4.79 Å². The SMILES string of the molecule is CCCCNC(=O)[C@H](C)C[C@H](O)[C@@H](N)C[C@H](Cc1ccc(OCCCOC)c(OCCCOC)c1)C(C)C.Cl. The second-order valence-corrected chi connectivity index (χ2v) is 10.6. The van der Waals surface area contributed by atoms with Crippen LogP contribution in [0.3, 0.4) is 0 Å². The molecule has 0 aromatic heterocycles. The zero-order valence-electron chi connectivity index (χ0n) is 25.1. The van der Waals surface area contributed by atoms with E-state index in [9.17, 15) is 9.90 Å². The van der Waals surface area contributed by atoms with Crippen LogP contribution in [0.15, 0.2) is 18.2 Å². The smallest absolute Gasteiger partial charge is 0.222 e. The first-order chi connectivity index (χ1) is 18.2. The number of nitrogens with one attached hydrogen (secondary N) is 1. The Morgan fingerprint density at radius 1 is 0.949 bits per heavy atom. The lowest BCUT2D eigenvalue weighted by atomic mass is 9.82. The number of aliphatic hydroxyl groups is 1. The number of aliphatic hydroxyl groups excluding tert-OH is 1. The summed E-state index contributed by atoms with van der Waals surface area (Å²) in [5, 5.41) is 13.7. The number of methoxy groups -OCH3 is 2. The Hall–Kier alpha value is -1.58. The van der Waals surface area contributed by atoms with E-state index in [1.807, 2.05) is 13.0 Å². The summed E-state index contributed by atoms with van der Waals surface area (Å²) in [6, 6.07) is 5.70. The van der Waals surface area contributed by atoms with Gasteiger partial charge in [-0.15, -0.1) is 12.4 Å². The second-order valence-electron chi connectivity index (χ2n) is 10.6. The van der Waals surface area contributed by atoms with Crippen LogP contribution in [-0.4, -0.2) is 70.4 Å². The molecule has 0 radical (unpaired) electrons. The molecule has 0 bridgehead atoms. The lowest BCUT2D eigenvalue weighted by Gasteiger charge is -2.28. The van der Waals surface area contributed by atoms with Gasteiger partial charge in [-0.1, -0.05) is 40.2 Å². The van der Waals surface area contributed by atoms with Crippen LogP contribution in [0.25, 0.3) is 0 Å².